The summed E-state index contributed by atoms with van der Waals surface area (Å²) in [6.07, 6.45) is 3.36. The molecule has 4 heterocycles. The van der Waals surface area contributed by atoms with Crippen molar-refractivity contribution in [3.05, 3.63) is 106 Å². The van der Waals surface area contributed by atoms with Crippen LogP contribution >= 0.6 is 0 Å². The standard InChI is InChI=1S/2C12H7NO2/c14-12-9-5-3-7-13-11(9)8-4-1-2-6-10(8)15-12;14-12-9-5-2-1-4-8(9)11-10(15-12)6-3-7-13-11/h2*1-7H. The molecule has 0 atom stereocenters. The number of rotatable bonds is 0. The van der Waals surface area contributed by atoms with Crippen LogP contribution in [0.5, 0.6) is 0 Å². The normalized spacial score (nSPS) is 10.9. The number of pyridine rings is 2. The van der Waals surface area contributed by atoms with Gasteiger partial charge in [0, 0.05) is 23.2 Å². The lowest BCUT2D eigenvalue weighted by atomic mass is 10.1. The second-order valence-corrected chi connectivity index (χ2v) is 6.57. The van der Waals surface area contributed by atoms with E-state index in [0.29, 0.717) is 27.5 Å². The molecule has 2 aromatic carbocycles. The molecule has 0 spiro atoms. The van der Waals surface area contributed by atoms with Crippen molar-refractivity contribution in [3.8, 4) is 0 Å². The van der Waals surface area contributed by atoms with Gasteiger partial charge in [-0.25, -0.2) is 9.59 Å². The topological polar surface area (TPSA) is 86.2 Å². The predicted octanol–water partition coefficient (Wildman–Crippen LogP) is 4.68. The van der Waals surface area contributed by atoms with Crippen LogP contribution in [0.1, 0.15) is 0 Å². The van der Waals surface area contributed by atoms with Crippen LogP contribution in [0.25, 0.3) is 43.7 Å². The van der Waals surface area contributed by atoms with E-state index in [1.807, 2.05) is 36.4 Å². The first-order valence-corrected chi connectivity index (χ1v) is 9.25. The van der Waals surface area contributed by atoms with Crippen LogP contribution in [0.15, 0.2) is 104 Å². The van der Waals surface area contributed by atoms with Crippen molar-refractivity contribution in [1.82, 2.24) is 9.97 Å². The highest BCUT2D eigenvalue weighted by Crippen LogP contribution is 2.20. The van der Waals surface area contributed by atoms with E-state index < -0.39 is 0 Å². The molecular weight excluding hydrogens is 380 g/mol. The molecule has 6 aromatic rings. The molecule has 0 N–H and O–H groups in total. The van der Waals surface area contributed by atoms with Gasteiger partial charge in [-0.15, -0.1) is 0 Å². The molecule has 6 rings (SSSR count). The fourth-order valence-electron chi connectivity index (χ4n) is 3.39. The van der Waals surface area contributed by atoms with Crippen molar-refractivity contribution in [2.24, 2.45) is 0 Å². The summed E-state index contributed by atoms with van der Waals surface area (Å²) in [6, 6.07) is 21.7. The third kappa shape index (κ3) is 3.00. The van der Waals surface area contributed by atoms with Gasteiger partial charge in [-0.2, -0.15) is 0 Å². The maximum atomic E-state index is 11.6. The Morgan fingerprint density at radius 1 is 0.500 bits per heavy atom. The number of fused-ring (bicyclic) bond motifs is 6. The van der Waals surface area contributed by atoms with Crippen LogP contribution in [0, 0.1) is 0 Å². The molecule has 0 aliphatic rings. The maximum Gasteiger partial charge on any atom is 0.345 e. The Morgan fingerprint density at radius 2 is 1.03 bits per heavy atom. The number of benzene rings is 2. The lowest BCUT2D eigenvalue weighted by Crippen LogP contribution is -2.00. The van der Waals surface area contributed by atoms with E-state index in [0.717, 1.165) is 16.3 Å². The van der Waals surface area contributed by atoms with Gasteiger partial charge in [0.2, 0.25) is 0 Å². The van der Waals surface area contributed by atoms with Gasteiger partial charge >= 0.3 is 11.3 Å². The number of aromatic nitrogens is 2. The predicted molar refractivity (Wildman–Crippen MR) is 116 cm³/mol. The number of hydrogen-bond acceptors (Lipinski definition) is 6. The van der Waals surface area contributed by atoms with E-state index in [1.54, 1.807) is 48.8 Å². The smallest absolute Gasteiger partial charge is 0.345 e. The summed E-state index contributed by atoms with van der Waals surface area (Å²) in [5.41, 5.74) is 1.88. The Hall–Kier alpha value is -4.32. The van der Waals surface area contributed by atoms with E-state index in [9.17, 15) is 9.59 Å². The van der Waals surface area contributed by atoms with Gasteiger partial charge in [-0.1, -0.05) is 30.3 Å². The van der Waals surface area contributed by atoms with Gasteiger partial charge in [0.1, 0.15) is 11.1 Å². The lowest BCUT2D eigenvalue weighted by Gasteiger charge is -1.99. The Labute approximate surface area is 169 Å². The molecule has 4 aromatic heterocycles. The van der Waals surface area contributed by atoms with Crippen molar-refractivity contribution in [2.75, 3.05) is 0 Å². The second-order valence-electron chi connectivity index (χ2n) is 6.57. The van der Waals surface area contributed by atoms with Crippen LogP contribution in [0.4, 0.5) is 0 Å². The van der Waals surface area contributed by atoms with Gasteiger partial charge < -0.3 is 8.83 Å². The van der Waals surface area contributed by atoms with Crippen molar-refractivity contribution in [1.29, 1.82) is 0 Å². The number of nitrogens with zero attached hydrogens (tertiary/aromatic N) is 2. The van der Waals surface area contributed by atoms with Crippen molar-refractivity contribution >= 4 is 43.7 Å². The summed E-state index contributed by atoms with van der Waals surface area (Å²) in [5.74, 6) is 0. The highest BCUT2D eigenvalue weighted by Gasteiger charge is 2.07. The molecule has 6 heteroatoms. The minimum atomic E-state index is -0.336. The minimum Gasteiger partial charge on any atom is -0.422 e. The molecule has 0 saturated heterocycles. The second kappa shape index (κ2) is 7.25. The van der Waals surface area contributed by atoms with Crippen molar-refractivity contribution < 1.29 is 8.83 Å². The molecule has 0 fully saturated rings. The average Bonchev–Trinajstić information content (AvgIpc) is 2.80. The van der Waals surface area contributed by atoms with E-state index in [4.69, 9.17) is 8.83 Å². The Balaban J connectivity index is 0.000000128. The van der Waals surface area contributed by atoms with Crippen LogP contribution < -0.4 is 11.3 Å². The van der Waals surface area contributed by atoms with Crippen LogP contribution in [0.2, 0.25) is 0 Å². The first-order valence-electron chi connectivity index (χ1n) is 9.25. The van der Waals surface area contributed by atoms with Gasteiger partial charge in [-0.05, 0) is 42.5 Å². The third-order valence-corrected chi connectivity index (χ3v) is 4.75. The summed E-state index contributed by atoms with van der Waals surface area (Å²) in [7, 11) is 0. The van der Waals surface area contributed by atoms with Gasteiger partial charge in [0.25, 0.3) is 0 Å². The maximum absolute atomic E-state index is 11.6. The molecule has 0 saturated carbocycles. The first kappa shape index (κ1) is 17.8. The Morgan fingerprint density at radius 3 is 1.87 bits per heavy atom. The summed E-state index contributed by atoms with van der Waals surface area (Å²) in [4.78, 5) is 31.6. The minimum absolute atomic E-state index is 0.314. The monoisotopic (exact) mass is 394 g/mol. The number of hydrogen-bond donors (Lipinski definition) is 0. The fourth-order valence-corrected chi connectivity index (χ4v) is 3.39. The Bertz CT molecular complexity index is 1530. The largest absolute Gasteiger partial charge is 0.422 e. The molecule has 0 unspecified atom stereocenters. The fraction of sp³-hybridized carbons (Fsp3) is 0. The highest BCUT2D eigenvalue weighted by atomic mass is 16.4. The quantitative estimate of drug-likeness (QED) is 0.275. The summed E-state index contributed by atoms with van der Waals surface area (Å²) < 4.78 is 10.3. The van der Waals surface area contributed by atoms with Gasteiger partial charge in [0.15, 0.2) is 5.58 Å². The Kier molecular flexibility index (Phi) is 4.29. The van der Waals surface area contributed by atoms with Crippen LogP contribution in [0.3, 0.4) is 0 Å². The third-order valence-electron chi connectivity index (χ3n) is 4.75. The van der Waals surface area contributed by atoms with Crippen molar-refractivity contribution in [3.63, 3.8) is 0 Å². The molecule has 0 aliphatic carbocycles. The molecule has 144 valence electrons. The summed E-state index contributed by atoms with van der Waals surface area (Å²) >= 11 is 0. The molecule has 0 aliphatic heterocycles. The SMILES string of the molecule is O=c1oc2ccccc2c2ncccc12.O=c1oc2cccnc2c2ccccc12. The summed E-state index contributed by atoms with van der Waals surface area (Å²) in [6.45, 7) is 0. The molecular formula is C24H14N2O4. The van der Waals surface area contributed by atoms with E-state index in [1.165, 1.54) is 0 Å². The first-order chi connectivity index (χ1) is 14.7. The zero-order valence-electron chi connectivity index (χ0n) is 15.6. The van der Waals surface area contributed by atoms with Gasteiger partial charge in [0.05, 0.1) is 16.3 Å². The van der Waals surface area contributed by atoms with Crippen molar-refractivity contribution in [2.45, 2.75) is 0 Å². The molecule has 0 radical (unpaired) electrons. The molecule has 0 bridgehead atoms. The van der Waals surface area contributed by atoms with E-state index in [2.05, 4.69) is 9.97 Å². The highest BCUT2D eigenvalue weighted by molar-refractivity contribution is 6.02. The molecule has 0 amide bonds. The molecule has 30 heavy (non-hydrogen) atoms. The number of para-hydroxylation sites is 1. The lowest BCUT2D eigenvalue weighted by molar-refractivity contribution is 0.568. The van der Waals surface area contributed by atoms with Gasteiger partial charge in [-0.3, -0.25) is 9.97 Å². The van der Waals surface area contributed by atoms with E-state index >= 15 is 0 Å². The average molecular weight is 394 g/mol. The zero-order chi connectivity index (χ0) is 20.5. The van der Waals surface area contributed by atoms with E-state index in [-0.39, 0.29) is 11.3 Å². The van der Waals surface area contributed by atoms with Crippen LogP contribution in [-0.2, 0) is 0 Å². The van der Waals surface area contributed by atoms with Crippen LogP contribution in [-0.4, -0.2) is 9.97 Å². The zero-order valence-corrected chi connectivity index (χ0v) is 15.6. The molecule has 6 nitrogen and oxygen atoms in total. The summed E-state index contributed by atoms with van der Waals surface area (Å²) in [5, 5.41) is 2.80.